The molecule has 1 aromatic carbocycles. The standard InChI is InChI=1S/C9H8BrFO2/c1-2-13-9(12)7-5-6(10)3-4-8(7)11/h3-5H,2H2,1H3. The number of esters is 1. The molecule has 0 N–H and O–H groups in total. The van der Waals surface area contributed by atoms with Gasteiger partial charge in [0.25, 0.3) is 0 Å². The molecule has 1 aromatic rings. The summed E-state index contributed by atoms with van der Waals surface area (Å²) in [6.45, 7) is 1.92. The second-order valence-corrected chi connectivity index (χ2v) is 3.26. The van der Waals surface area contributed by atoms with E-state index in [1.165, 1.54) is 18.2 Å². The van der Waals surface area contributed by atoms with Crippen LogP contribution in [0.1, 0.15) is 17.3 Å². The van der Waals surface area contributed by atoms with Crippen molar-refractivity contribution in [3.63, 3.8) is 0 Å². The van der Waals surface area contributed by atoms with E-state index in [4.69, 9.17) is 0 Å². The molecule has 1 rings (SSSR count). The summed E-state index contributed by atoms with van der Waals surface area (Å²) < 4.78 is 18.3. The Hall–Kier alpha value is -0.900. The minimum absolute atomic E-state index is 0.0452. The molecule has 0 aliphatic carbocycles. The summed E-state index contributed by atoms with van der Waals surface area (Å²) in [5.74, 6) is -1.21. The van der Waals surface area contributed by atoms with Gasteiger partial charge in [-0.15, -0.1) is 0 Å². The van der Waals surface area contributed by atoms with Crippen molar-refractivity contribution in [2.45, 2.75) is 6.92 Å². The van der Waals surface area contributed by atoms with Crippen molar-refractivity contribution < 1.29 is 13.9 Å². The van der Waals surface area contributed by atoms with Gasteiger partial charge in [0.1, 0.15) is 5.82 Å². The van der Waals surface area contributed by atoms with Crippen molar-refractivity contribution in [3.05, 3.63) is 34.1 Å². The van der Waals surface area contributed by atoms with E-state index in [1.54, 1.807) is 6.92 Å². The lowest BCUT2D eigenvalue weighted by atomic mass is 10.2. The Labute approximate surface area is 83.8 Å². The highest BCUT2D eigenvalue weighted by molar-refractivity contribution is 9.10. The second kappa shape index (κ2) is 4.37. The number of carbonyl (C=O) groups is 1. The van der Waals surface area contributed by atoms with Crippen molar-refractivity contribution in [2.75, 3.05) is 6.61 Å². The number of ether oxygens (including phenoxy) is 1. The highest BCUT2D eigenvalue weighted by Gasteiger charge is 2.12. The molecule has 0 saturated heterocycles. The van der Waals surface area contributed by atoms with Gasteiger partial charge in [-0.1, -0.05) is 15.9 Å². The molecule has 0 atom stereocenters. The van der Waals surface area contributed by atoms with E-state index in [1.807, 2.05) is 0 Å². The molecule has 0 amide bonds. The molecule has 0 saturated carbocycles. The van der Waals surface area contributed by atoms with Crippen LogP contribution in [0.25, 0.3) is 0 Å². The molecule has 0 aromatic heterocycles. The maximum Gasteiger partial charge on any atom is 0.341 e. The number of rotatable bonds is 2. The van der Waals surface area contributed by atoms with Crippen LogP contribution in [-0.4, -0.2) is 12.6 Å². The Morgan fingerprint density at radius 2 is 2.31 bits per heavy atom. The van der Waals surface area contributed by atoms with E-state index in [0.717, 1.165) is 0 Å². The minimum Gasteiger partial charge on any atom is -0.462 e. The molecule has 0 aliphatic heterocycles. The summed E-state index contributed by atoms with van der Waals surface area (Å²) in [5.41, 5.74) is -0.0452. The normalized spacial score (nSPS) is 9.77. The van der Waals surface area contributed by atoms with Crippen LogP contribution in [0, 0.1) is 5.82 Å². The van der Waals surface area contributed by atoms with Gasteiger partial charge < -0.3 is 4.74 Å². The lowest BCUT2D eigenvalue weighted by Crippen LogP contribution is -2.06. The van der Waals surface area contributed by atoms with Crippen molar-refractivity contribution in [2.24, 2.45) is 0 Å². The fourth-order valence-corrected chi connectivity index (χ4v) is 1.22. The van der Waals surface area contributed by atoms with E-state index in [2.05, 4.69) is 20.7 Å². The lowest BCUT2D eigenvalue weighted by Gasteiger charge is -2.02. The van der Waals surface area contributed by atoms with Crippen LogP contribution in [0.2, 0.25) is 0 Å². The van der Waals surface area contributed by atoms with Gasteiger partial charge in [0.15, 0.2) is 0 Å². The quantitative estimate of drug-likeness (QED) is 0.751. The fourth-order valence-electron chi connectivity index (χ4n) is 0.863. The summed E-state index contributed by atoms with van der Waals surface area (Å²) in [6, 6.07) is 4.14. The second-order valence-electron chi connectivity index (χ2n) is 2.34. The third-order valence-corrected chi connectivity index (χ3v) is 1.92. The molecule has 70 valence electrons. The first-order chi connectivity index (χ1) is 6.15. The van der Waals surface area contributed by atoms with Crippen molar-refractivity contribution in [1.29, 1.82) is 0 Å². The summed E-state index contributed by atoms with van der Waals surface area (Å²) in [7, 11) is 0. The van der Waals surface area contributed by atoms with E-state index < -0.39 is 11.8 Å². The Morgan fingerprint density at radius 3 is 2.92 bits per heavy atom. The van der Waals surface area contributed by atoms with Crippen molar-refractivity contribution >= 4 is 21.9 Å². The molecule has 0 spiro atoms. The molecule has 13 heavy (non-hydrogen) atoms. The predicted molar refractivity (Wildman–Crippen MR) is 50.1 cm³/mol. The van der Waals surface area contributed by atoms with Gasteiger partial charge in [-0.25, -0.2) is 9.18 Å². The Kier molecular flexibility index (Phi) is 3.42. The molecule has 0 bridgehead atoms. The third-order valence-electron chi connectivity index (χ3n) is 1.42. The van der Waals surface area contributed by atoms with Gasteiger partial charge in [0.2, 0.25) is 0 Å². The first kappa shape index (κ1) is 10.2. The van der Waals surface area contributed by atoms with Gasteiger partial charge in [0, 0.05) is 4.47 Å². The topological polar surface area (TPSA) is 26.3 Å². The van der Waals surface area contributed by atoms with Crippen LogP contribution in [-0.2, 0) is 4.74 Å². The average Bonchev–Trinajstić information content (AvgIpc) is 2.09. The van der Waals surface area contributed by atoms with Crippen LogP contribution >= 0.6 is 15.9 Å². The van der Waals surface area contributed by atoms with Crippen LogP contribution in [0.4, 0.5) is 4.39 Å². The first-order valence-electron chi connectivity index (χ1n) is 3.77. The number of halogens is 2. The molecular formula is C9H8BrFO2. The lowest BCUT2D eigenvalue weighted by molar-refractivity contribution is 0.0521. The Morgan fingerprint density at radius 1 is 1.62 bits per heavy atom. The fraction of sp³-hybridized carbons (Fsp3) is 0.222. The molecule has 2 nitrogen and oxygen atoms in total. The average molecular weight is 247 g/mol. The van der Waals surface area contributed by atoms with Crippen LogP contribution in [0.5, 0.6) is 0 Å². The molecular weight excluding hydrogens is 239 g/mol. The van der Waals surface area contributed by atoms with Gasteiger partial charge in [-0.05, 0) is 25.1 Å². The number of hydrogen-bond donors (Lipinski definition) is 0. The summed E-state index contributed by atoms with van der Waals surface area (Å²) in [4.78, 5) is 11.1. The van der Waals surface area contributed by atoms with Crippen molar-refractivity contribution in [1.82, 2.24) is 0 Å². The molecule has 0 heterocycles. The minimum atomic E-state index is -0.638. The predicted octanol–water partition coefficient (Wildman–Crippen LogP) is 2.76. The van der Waals surface area contributed by atoms with E-state index in [0.29, 0.717) is 4.47 Å². The smallest absolute Gasteiger partial charge is 0.341 e. The Bertz CT molecular complexity index is 325. The first-order valence-corrected chi connectivity index (χ1v) is 4.56. The highest BCUT2D eigenvalue weighted by Crippen LogP contribution is 2.16. The van der Waals surface area contributed by atoms with E-state index in [-0.39, 0.29) is 12.2 Å². The monoisotopic (exact) mass is 246 g/mol. The van der Waals surface area contributed by atoms with Crippen LogP contribution in [0.3, 0.4) is 0 Å². The maximum atomic E-state index is 13.0. The van der Waals surface area contributed by atoms with Crippen LogP contribution < -0.4 is 0 Å². The van der Waals surface area contributed by atoms with Gasteiger partial charge in [0.05, 0.1) is 12.2 Å². The Balaban J connectivity index is 2.99. The largest absolute Gasteiger partial charge is 0.462 e. The summed E-state index contributed by atoms with van der Waals surface area (Å²) in [6.07, 6.45) is 0. The zero-order valence-corrected chi connectivity index (χ0v) is 8.60. The summed E-state index contributed by atoms with van der Waals surface area (Å²) in [5, 5.41) is 0. The third kappa shape index (κ3) is 2.52. The molecule has 4 heteroatoms. The van der Waals surface area contributed by atoms with Gasteiger partial charge in [-0.2, -0.15) is 0 Å². The SMILES string of the molecule is CCOC(=O)c1cc(Br)ccc1F. The van der Waals surface area contributed by atoms with Gasteiger partial charge >= 0.3 is 5.97 Å². The number of hydrogen-bond acceptors (Lipinski definition) is 2. The summed E-state index contributed by atoms with van der Waals surface area (Å²) >= 11 is 3.14. The molecule has 0 fully saturated rings. The van der Waals surface area contributed by atoms with Gasteiger partial charge in [-0.3, -0.25) is 0 Å². The zero-order valence-electron chi connectivity index (χ0n) is 7.01. The number of benzene rings is 1. The van der Waals surface area contributed by atoms with Crippen LogP contribution in [0.15, 0.2) is 22.7 Å². The molecule has 0 radical (unpaired) electrons. The zero-order chi connectivity index (χ0) is 9.84. The maximum absolute atomic E-state index is 13.0. The van der Waals surface area contributed by atoms with E-state index in [9.17, 15) is 9.18 Å². The number of carbonyl (C=O) groups excluding carboxylic acids is 1. The van der Waals surface area contributed by atoms with Crippen molar-refractivity contribution in [3.8, 4) is 0 Å². The molecule has 0 unspecified atom stereocenters. The molecule has 0 aliphatic rings. The highest BCUT2D eigenvalue weighted by atomic mass is 79.9. The van der Waals surface area contributed by atoms with E-state index >= 15 is 0 Å².